The van der Waals surface area contributed by atoms with Gasteiger partial charge in [-0.3, -0.25) is 0 Å². The molecule has 3 aliphatic rings. The predicted molar refractivity (Wildman–Crippen MR) is 555 cm³/mol. The van der Waals surface area contributed by atoms with Crippen LogP contribution in [-0.4, -0.2) is 21.1 Å². The van der Waals surface area contributed by atoms with E-state index in [9.17, 15) is 0 Å². The molecule has 0 amide bonds. The standard InChI is InChI=1S/C50H36N2.C40H34N2.C35H28N2/c1-51(37-28-24-35(25-29-37)36-26-30-40(31-27-36)52(38-14-4-2-5-15-38)39-16-6-3-7-17-39)41-32-33-45-44-20-10-13-23-48(44)50(49(45)34-41)46-21-11-8-18-42(46)43-19-9-12-22-47(43)50;1-40(2)38-17-11-10-16-36(38)37-27-26-35(28-39(37)40)41(3)31-22-18-29(19-23-31)30-20-24-34(25-21-30)42(32-12-6-4-7-13-32)33-14-8-5-9-15-33;1-36(35-18-10-12-29-11-8-9-17-34(29)35)30-23-19-27(20-24-30)28-21-25-33(26-22-28)37(31-13-4-2-5-14-31)32-15-6-3-7-16-32/h2-34H,1H3;4-28H,1-3H3;2-26H,1H3. The van der Waals surface area contributed by atoms with Gasteiger partial charge in [0.15, 0.2) is 0 Å². The molecular weight excluding hydrogens is 1590 g/mol. The minimum Gasteiger partial charge on any atom is -0.345 e. The van der Waals surface area contributed by atoms with Gasteiger partial charge in [-0.05, 0) is 281 Å². The molecule has 0 radical (unpaired) electrons. The maximum Gasteiger partial charge on any atom is 0.0726 e. The van der Waals surface area contributed by atoms with Gasteiger partial charge < -0.3 is 29.4 Å². The molecule has 0 N–H and O–H groups in total. The summed E-state index contributed by atoms with van der Waals surface area (Å²) < 4.78 is 0. The summed E-state index contributed by atoms with van der Waals surface area (Å²) in [7, 11) is 6.47. The van der Waals surface area contributed by atoms with Gasteiger partial charge in [-0.25, -0.2) is 0 Å². The van der Waals surface area contributed by atoms with Crippen molar-refractivity contribution in [2.75, 3.05) is 50.5 Å². The van der Waals surface area contributed by atoms with Crippen molar-refractivity contribution in [3.63, 3.8) is 0 Å². The van der Waals surface area contributed by atoms with E-state index in [4.69, 9.17) is 0 Å². The molecule has 0 saturated carbocycles. The smallest absolute Gasteiger partial charge is 0.0726 e. The fourth-order valence-corrected chi connectivity index (χ4v) is 20.0. The minimum absolute atomic E-state index is 0.00457. The van der Waals surface area contributed by atoms with Gasteiger partial charge in [-0.2, -0.15) is 0 Å². The topological polar surface area (TPSA) is 19.4 Å². The third-order valence-electron chi connectivity index (χ3n) is 26.7. The minimum atomic E-state index is -0.345. The lowest BCUT2D eigenvalue weighted by atomic mass is 9.70. The number of fused-ring (bicyclic) bond motifs is 14. The highest BCUT2D eigenvalue weighted by Crippen LogP contribution is 2.63. The molecule has 20 aromatic carbocycles. The number of hydrogen-bond donors (Lipinski definition) is 0. The molecule has 628 valence electrons. The molecular formula is C125H98N6. The molecule has 23 rings (SSSR count). The highest BCUT2D eigenvalue weighted by Gasteiger charge is 2.52. The van der Waals surface area contributed by atoms with Crippen LogP contribution in [0.3, 0.4) is 0 Å². The van der Waals surface area contributed by atoms with Crippen LogP contribution in [-0.2, 0) is 10.8 Å². The van der Waals surface area contributed by atoms with Crippen LogP contribution in [0.1, 0.15) is 47.2 Å². The largest absolute Gasteiger partial charge is 0.345 e. The lowest BCUT2D eigenvalue weighted by Gasteiger charge is -2.31. The van der Waals surface area contributed by atoms with E-state index in [-0.39, 0.29) is 10.8 Å². The summed E-state index contributed by atoms with van der Waals surface area (Å²) in [5.74, 6) is 0. The third kappa shape index (κ3) is 15.4. The normalized spacial score (nSPS) is 12.3. The maximum absolute atomic E-state index is 2.44. The van der Waals surface area contributed by atoms with Crippen molar-refractivity contribution in [1.82, 2.24) is 0 Å². The van der Waals surface area contributed by atoms with E-state index in [2.05, 4.69) is 568 Å². The summed E-state index contributed by atoms with van der Waals surface area (Å²) in [4.78, 5) is 13.7. The highest BCUT2D eigenvalue weighted by molar-refractivity contribution is 5.98. The third-order valence-corrected chi connectivity index (χ3v) is 26.7. The summed E-state index contributed by atoms with van der Waals surface area (Å²) in [5, 5.41) is 2.51. The van der Waals surface area contributed by atoms with Crippen LogP contribution in [0.15, 0.2) is 504 Å². The Labute approximate surface area is 769 Å². The Bertz CT molecular complexity index is 7230. The summed E-state index contributed by atoms with van der Waals surface area (Å²) in [6.07, 6.45) is 0. The van der Waals surface area contributed by atoms with E-state index in [1.807, 2.05) is 0 Å². The first-order chi connectivity index (χ1) is 64.5. The predicted octanol–water partition coefficient (Wildman–Crippen LogP) is 33.6. The van der Waals surface area contributed by atoms with E-state index >= 15 is 0 Å². The van der Waals surface area contributed by atoms with Crippen LogP contribution in [0.5, 0.6) is 0 Å². The first-order valence-electron chi connectivity index (χ1n) is 45.2. The molecule has 20 aromatic rings. The van der Waals surface area contributed by atoms with Crippen molar-refractivity contribution >= 4 is 96.1 Å². The number of benzene rings is 20. The zero-order chi connectivity index (χ0) is 88.4. The first kappa shape index (κ1) is 81.5. The Kier molecular flexibility index (Phi) is 22.0. The number of anilines is 15. The van der Waals surface area contributed by atoms with Crippen molar-refractivity contribution < 1.29 is 0 Å². The van der Waals surface area contributed by atoms with E-state index in [1.165, 1.54) is 134 Å². The van der Waals surface area contributed by atoms with Crippen LogP contribution < -0.4 is 29.4 Å². The van der Waals surface area contributed by atoms with E-state index in [1.54, 1.807) is 0 Å². The second kappa shape index (κ2) is 35.4. The molecule has 0 unspecified atom stereocenters. The molecule has 0 saturated heterocycles. The summed E-state index contributed by atoms with van der Waals surface area (Å²) in [6, 6.07) is 181. The van der Waals surface area contributed by atoms with Crippen LogP contribution in [0.25, 0.3) is 77.5 Å². The Hall–Kier alpha value is -16.5. The van der Waals surface area contributed by atoms with Crippen LogP contribution in [0.4, 0.5) is 85.3 Å². The van der Waals surface area contributed by atoms with Crippen LogP contribution in [0, 0.1) is 0 Å². The zero-order valence-corrected chi connectivity index (χ0v) is 74.1. The number of rotatable bonds is 18. The molecule has 0 fully saturated rings. The van der Waals surface area contributed by atoms with Crippen molar-refractivity contribution in [2.45, 2.75) is 24.7 Å². The molecule has 6 nitrogen and oxygen atoms in total. The monoisotopic (exact) mass is 1680 g/mol. The van der Waals surface area contributed by atoms with Crippen molar-refractivity contribution in [3.05, 3.63) is 537 Å². The van der Waals surface area contributed by atoms with Crippen molar-refractivity contribution in [3.8, 4) is 66.8 Å². The molecule has 6 heteroatoms. The van der Waals surface area contributed by atoms with Crippen LogP contribution >= 0.6 is 0 Å². The maximum atomic E-state index is 2.44. The Morgan fingerprint density at radius 1 is 0.160 bits per heavy atom. The van der Waals surface area contributed by atoms with Gasteiger partial charge in [0.1, 0.15) is 0 Å². The molecule has 1 spiro atoms. The Balaban J connectivity index is 0.000000121. The molecule has 0 aromatic heterocycles. The molecule has 0 aliphatic heterocycles. The lowest BCUT2D eigenvalue weighted by Crippen LogP contribution is -2.26. The quantitative estimate of drug-likeness (QED) is 0.0847. The van der Waals surface area contributed by atoms with Crippen molar-refractivity contribution in [1.29, 1.82) is 0 Å². The zero-order valence-electron chi connectivity index (χ0n) is 74.1. The average Bonchev–Trinajstić information content (AvgIpc) is 1.50. The summed E-state index contributed by atoms with van der Waals surface area (Å²) in [6.45, 7) is 4.67. The fraction of sp³-hybridized carbons (Fsp3) is 0.0560. The average molecular weight is 1680 g/mol. The van der Waals surface area contributed by atoms with Gasteiger partial charge in [-0.1, -0.05) is 341 Å². The second-order valence-electron chi connectivity index (χ2n) is 34.5. The molecule has 0 heterocycles. The number of para-hydroxylation sites is 6. The van der Waals surface area contributed by atoms with Gasteiger partial charge >= 0.3 is 0 Å². The van der Waals surface area contributed by atoms with Gasteiger partial charge in [0.2, 0.25) is 0 Å². The van der Waals surface area contributed by atoms with Gasteiger partial charge in [0.25, 0.3) is 0 Å². The molecule has 0 bridgehead atoms. The Morgan fingerprint density at radius 3 is 0.725 bits per heavy atom. The van der Waals surface area contributed by atoms with E-state index in [0.29, 0.717) is 0 Å². The second-order valence-corrected chi connectivity index (χ2v) is 34.5. The van der Waals surface area contributed by atoms with Crippen LogP contribution in [0.2, 0.25) is 0 Å². The number of hydrogen-bond acceptors (Lipinski definition) is 6. The molecule has 0 atom stereocenters. The summed E-state index contributed by atoms with van der Waals surface area (Å²) in [5.41, 5.74) is 40.4. The SMILES string of the molecule is CN(c1ccc(-c2ccc(N(c3ccccc3)c3ccccc3)cc2)cc1)c1ccc2c(c1)C(C)(C)c1ccccc1-2.CN(c1ccc(-c2ccc(N(c3ccccc3)c3ccccc3)cc2)cc1)c1ccc2c(c1)C1(c3ccccc3-c3ccccc31)c1ccccc1-2.CN(c1ccc(-c2ccc(N(c3ccccc3)c3ccccc3)cc2)cc1)c1cccc2ccccc12. The van der Waals surface area contributed by atoms with Crippen molar-refractivity contribution in [2.24, 2.45) is 0 Å². The van der Waals surface area contributed by atoms with Gasteiger partial charge in [0.05, 0.1) is 5.41 Å². The van der Waals surface area contributed by atoms with E-state index in [0.717, 1.165) is 62.6 Å². The van der Waals surface area contributed by atoms with Gasteiger partial charge in [-0.15, -0.1) is 0 Å². The molecule has 3 aliphatic carbocycles. The fourth-order valence-electron chi connectivity index (χ4n) is 20.0. The molecule has 131 heavy (non-hydrogen) atoms. The lowest BCUT2D eigenvalue weighted by molar-refractivity contribution is 0.660. The summed E-state index contributed by atoms with van der Waals surface area (Å²) >= 11 is 0. The number of nitrogens with zero attached hydrogens (tertiary/aromatic N) is 6. The highest BCUT2D eigenvalue weighted by atomic mass is 15.2. The first-order valence-corrected chi connectivity index (χ1v) is 45.2. The van der Waals surface area contributed by atoms with Gasteiger partial charge in [0, 0.05) is 117 Å². The Morgan fingerprint density at radius 2 is 0.389 bits per heavy atom. The van der Waals surface area contributed by atoms with E-state index < -0.39 is 0 Å².